The molecule has 0 atom stereocenters. The van der Waals surface area contributed by atoms with E-state index in [0.717, 1.165) is 0 Å². The third-order valence-corrected chi connectivity index (χ3v) is 2.22. The van der Waals surface area contributed by atoms with Gasteiger partial charge in [0.15, 0.2) is 5.78 Å². The van der Waals surface area contributed by atoms with Gasteiger partial charge in [-0.25, -0.2) is 0 Å². The van der Waals surface area contributed by atoms with Crippen molar-refractivity contribution in [3.8, 4) is 0 Å². The van der Waals surface area contributed by atoms with Crippen LogP contribution in [0.1, 0.15) is 16.8 Å². The number of hydrogen-bond donors (Lipinski definition) is 1. The Kier molecular flexibility index (Phi) is 4.66. The molecule has 0 aliphatic carbocycles. The molecule has 16 heavy (non-hydrogen) atoms. The first-order chi connectivity index (χ1) is 7.59. The largest absolute Gasteiger partial charge is 0.481 e. The summed E-state index contributed by atoms with van der Waals surface area (Å²) in [7, 11) is 1.74. The van der Waals surface area contributed by atoms with E-state index < -0.39 is 5.97 Å². The number of carbonyl (C=O) groups excluding carboxylic acids is 1. The highest BCUT2D eigenvalue weighted by Gasteiger charge is 2.09. The summed E-state index contributed by atoms with van der Waals surface area (Å²) in [5, 5.41) is 8.50. The molecule has 1 aromatic rings. The molecule has 0 aliphatic heterocycles. The molecule has 0 radical (unpaired) electrons. The lowest BCUT2D eigenvalue weighted by atomic mass is 10.1. The number of likely N-dealkylation sites (N-methyl/N-ethyl adjacent to an activating group) is 1. The predicted octanol–water partition coefficient (Wildman–Crippen LogP) is 1.28. The zero-order valence-corrected chi connectivity index (χ0v) is 9.22. The Bertz CT molecular complexity index is 362. The smallest absolute Gasteiger partial charge is 0.304 e. The van der Waals surface area contributed by atoms with Gasteiger partial charge in [0.05, 0.1) is 13.0 Å². The van der Waals surface area contributed by atoms with Crippen LogP contribution in [0.15, 0.2) is 30.3 Å². The maximum atomic E-state index is 11.7. The third-order valence-electron chi connectivity index (χ3n) is 2.22. The van der Waals surface area contributed by atoms with Crippen LogP contribution >= 0.6 is 0 Å². The molecule has 4 nitrogen and oxygen atoms in total. The fraction of sp³-hybridized carbons (Fsp3) is 0.333. The van der Waals surface area contributed by atoms with E-state index in [-0.39, 0.29) is 18.7 Å². The third kappa shape index (κ3) is 4.23. The second-order valence-electron chi connectivity index (χ2n) is 3.67. The van der Waals surface area contributed by atoms with Crippen molar-refractivity contribution in [2.24, 2.45) is 0 Å². The predicted molar refractivity (Wildman–Crippen MR) is 60.5 cm³/mol. The number of Topliss-reactive ketones (excluding diaryl/α,β-unsaturated/α-hetero) is 1. The van der Waals surface area contributed by atoms with Gasteiger partial charge in [-0.3, -0.25) is 14.5 Å². The molecule has 1 aromatic carbocycles. The number of rotatable bonds is 6. The standard InChI is InChI=1S/C12H15NO3/c1-13(8-7-12(15)16)9-11(14)10-5-3-2-4-6-10/h2-6H,7-9H2,1H3,(H,15,16). The minimum atomic E-state index is -0.848. The van der Waals surface area contributed by atoms with Crippen LogP contribution in [-0.4, -0.2) is 41.9 Å². The van der Waals surface area contributed by atoms with Gasteiger partial charge in [0, 0.05) is 12.1 Å². The first-order valence-corrected chi connectivity index (χ1v) is 5.08. The molecule has 4 heteroatoms. The molecule has 1 rings (SSSR count). The van der Waals surface area contributed by atoms with Crippen LogP contribution in [0.3, 0.4) is 0 Å². The van der Waals surface area contributed by atoms with Crippen LogP contribution in [0, 0.1) is 0 Å². The Morgan fingerprint density at radius 2 is 1.88 bits per heavy atom. The van der Waals surface area contributed by atoms with Gasteiger partial charge >= 0.3 is 5.97 Å². The van der Waals surface area contributed by atoms with E-state index in [4.69, 9.17) is 5.11 Å². The minimum Gasteiger partial charge on any atom is -0.481 e. The van der Waals surface area contributed by atoms with Crippen LogP contribution in [0.2, 0.25) is 0 Å². The molecule has 0 aliphatic rings. The van der Waals surface area contributed by atoms with Crippen LogP contribution in [0.25, 0.3) is 0 Å². The van der Waals surface area contributed by atoms with Crippen molar-refractivity contribution < 1.29 is 14.7 Å². The summed E-state index contributed by atoms with van der Waals surface area (Å²) in [6.45, 7) is 0.630. The lowest BCUT2D eigenvalue weighted by molar-refractivity contribution is -0.137. The van der Waals surface area contributed by atoms with Crippen molar-refractivity contribution in [1.29, 1.82) is 0 Å². The summed E-state index contributed by atoms with van der Waals surface area (Å²) >= 11 is 0. The van der Waals surface area contributed by atoms with E-state index in [0.29, 0.717) is 12.1 Å². The normalized spacial score (nSPS) is 10.4. The summed E-state index contributed by atoms with van der Waals surface area (Å²) in [4.78, 5) is 23.8. The highest BCUT2D eigenvalue weighted by molar-refractivity contribution is 5.97. The number of ketones is 1. The second-order valence-corrected chi connectivity index (χ2v) is 3.67. The van der Waals surface area contributed by atoms with Gasteiger partial charge in [-0.2, -0.15) is 0 Å². The second kappa shape index (κ2) is 6.02. The van der Waals surface area contributed by atoms with Crippen molar-refractivity contribution in [3.05, 3.63) is 35.9 Å². The lowest BCUT2D eigenvalue weighted by Gasteiger charge is -2.14. The van der Waals surface area contributed by atoms with Crippen LogP contribution in [0.4, 0.5) is 0 Å². The van der Waals surface area contributed by atoms with Crippen molar-refractivity contribution in [1.82, 2.24) is 4.90 Å². The minimum absolute atomic E-state index is 0.00786. The first-order valence-electron chi connectivity index (χ1n) is 5.08. The number of carboxylic acid groups (broad SMARTS) is 1. The molecule has 0 aromatic heterocycles. The molecule has 0 saturated heterocycles. The van der Waals surface area contributed by atoms with Gasteiger partial charge < -0.3 is 5.11 Å². The van der Waals surface area contributed by atoms with E-state index in [1.807, 2.05) is 18.2 Å². The molecule has 0 amide bonds. The summed E-state index contributed by atoms with van der Waals surface area (Å²) in [6.07, 6.45) is 0.0541. The number of nitrogens with zero attached hydrogens (tertiary/aromatic N) is 1. The number of aliphatic carboxylic acids is 1. The van der Waals surface area contributed by atoms with E-state index >= 15 is 0 Å². The Balaban J connectivity index is 2.43. The van der Waals surface area contributed by atoms with Crippen LogP contribution in [0.5, 0.6) is 0 Å². The SMILES string of the molecule is CN(CCC(=O)O)CC(=O)c1ccccc1. The maximum absolute atomic E-state index is 11.7. The molecule has 0 fully saturated rings. The van der Waals surface area contributed by atoms with Gasteiger partial charge in [-0.05, 0) is 7.05 Å². The molecule has 86 valence electrons. The van der Waals surface area contributed by atoms with Crippen molar-refractivity contribution in [3.63, 3.8) is 0 Å². The van der Waals surface area contributed by atoms with E-state index in [2.05, 4.69) is 0 Å². The van der Waals surface area contributed by atoms with Gasteiger partial charge in [-0.15, -0.1) is 0 Å². The summed E-state index contributed by atoms with van der Waals surface area (Å²) < 4.78 is 0. The van der Waals surface area contributed by atoms with Crippen molar-refractivity contribution in [2.75, 3.05) is 20.1 Å². The zero-order valence-electron chi connectivity index (χ0n) is 9.22. The average Bonchev–Trinajstić information content (AvgIpc) is 2.27. The molecular formula is C12H15NO3. The summed E-state index contributed by atoms with van der Waals surface area (Å²) in [5.41, 5.74) is 0.657. The summed E-state index contributed by atoms with van der Waals surface area (Å²) in [5.74, 6) is -0.840. The maximum Gasteiger partial charge on any atom is 0.304 e. The van der Waals surface area contributed by atoms with Gasteiger partial charge in [0.1, 0.15) is 0 Å². The Morgan fingerprint density at radius 3 is 2.44 bits per heavy atom. The lowest BCUT2D eigenvalue weighted by Crippen LogP contribution is -2.28. The number of carbonyl (C=O) groups is 2. The van der Waals surface area contributed by atoms with E-state index in [9.17, 15) is 9.59 Å². The van der Waals surface area contributed by atoms with Gasteiger partial charge in [0.2, 0.25) is 0 Å². The van der Waals surface area contributed by atoms with Crippen LogP contribution < -0.4 is 0 Å². The molecule has 0 heterocycles. The van der Waals surface area contributed by atoms with E-state index in [1.165, 1.54) is 0 Å². The number of hydrogen-bond acceptors (Lipinski definition) is 3. The molecule has 0 unspecified atom stereocenters. The zero-order chi connectivity index (χ0) is 12.0. The first kappa shape index (κ1) is 12.4. The Hall–Kier alpha value is -1.68. The van der Waals surface area contributed by atoms with E-state index in [1.54, 1.807) is 24.1 Å². The molecular weight excluding hydrogens is 206 g/mol. The fourth-order valence-electron chi connectivity index (χ4n) is 1.33. The van der Waals surface area contributed by atoms with Gasteiger partial charge in [0.25, 0.3) is 0 Å². The molecule has 0 saturated carbocycles. The Labute approximate surface area is 94.5 Å². The van der Waals surface area contributed by atoms with Crippen LogP contribution in [-0.2, 0) is 4.79 Å². The topological polar surface area (TPSA) is 57.6 Å². The molecule has 1 N–H and O–H groups in total. The number of benzene rings is 1. The average molecular weight is 221 g/mol. The Morgan fingerprint density at radius 1 is 1.25 bits per heavy atom. The fourth-order valence-corrected chi connectivity index (χ4v) is 1.33. The van der Waals surface area contributed by atoms with Crippen molar-refractivity contribution >= 4 is 11.8 Å². The summed E-state index contributed by atoms with van der Waals surface area (Å²) in [6, 6.07) is 8.99. The highest BCUT2D eigenvalue weighted by atomic mass is 16.4. The quantitative estimate of drug-likeness (QED) is 0.735. The number of carboxylic acids is 1. The monoisotopic (exact) mass is 221 g/mol. The molecule has 0 bridgehead atoms. The van der Waals surface area contributed by atoms with Crippen molar-refractivity contribution in [2.45, 2.75) is 6.42 Å². The molecule has 0 spiro atoms. The van der Waals surface area contributed by atoms with Gasteiger partial charge in [-0.1, -0.05) is 30.3 Å². The highest BCUT2D eigenvalue weighted by Crippen LogP contribution is 2.01.